The molecule has 0 bridgehead atoms. The van der Waals surface area contributed by atoms with Gasteiger partial charge in [0.25, 0.3) is 0 Å². The Kier molecular flexibility index (Phi) is 7.87. The van der Waals surface area contributed by atoms with Crippen molar-refractivity contribution in [2.45, 2.75) is 44.3 Å². The van der Waals surface area contributed by atoms with E-state index in [1.54, 1.807) is 0 Å². The van der Waals surface area contributed by atoms with E-state index in [-0.39, 0.29) is 0 Å². The van der Waals surface area contributed by atoms with E-state index in [0.717, 1.165) is 5.46 Å². The van der Waals surface area contributed by atoms with E-state index in [1.807, 2.05) is 22.7 Å². The van der Waals surface area contributed by atoms with Crippen molar-refractivity contribution in [3.8, 4) is 33.4 Å². The Morgan fingerprint density at radius 2 is 0.817 bits per heavy atom. The van der Waals surface area contributed by atoms with Crippen LogP contribution in [0.25, 0.3) is 73.7 Å². The predicted molar refractivity (Wildman–Crippen MR) is 256 cm³/mol. The lowest BCUT2D eigenvalue weighted by molar-refractivity contribution is 0.00578. The monoisotopic (exact) mass is 808 g/mol. The smallest absolute Gasteiger partial charge is 0.399 e. The quantitative estimate of drug-likeness (QED) is 0.161. The van der Waals surface area contributed by atoms with Gasteiger partial charge in [-0.1, -0.05) is 170 Å². The van der Waals surface area contributed by atoms with Crippen LogP contribution < -0.4 is 5.46 Å². The summed E-state index contributed by atoms with van der Waals surface area (Å²) in [6.07, 6.45) is 0. The third-order valence-corrected chi connectivity index (χ3v) is 16.2. The van der Waals surface area contributed by atoms with Crippen molar-refractivity contribution < 1.29 is 9.31 Å². The first-order valence-electron chi connectivity index (χ1n) is 20.8. The van der Waals surface area contributed by atoms with E-state index in [2.05, 4.69) is 204 Å². The lowest BCUT2D eigenvalue weighted by Gasteiger charge is -2.34. The first-order chi connectivity index (χ1) is 29.2. The molecule has 0 N–H and O–H groups in total. The number of hydrogen-bond donors (Lipinski definition) is 0. The molecule has 1 aliphatic carbocycles. The van der Waals surface area contributed by atoms with Gasteiger partial charge in [-0.3, -0.25) is 0 Å². The van der Waals surface area contributed by atoms with Crippen LogP contribution in [0.1, 0.15) is 49.9 Å². The fourth-order valence-corrected chi connectivity index (χ4v) is 12.6. The average molecular weight is 809 g/mol. The maximum absolute atomic E-state index is 6.57. The van der Waals surface area contributed by atoms with Crippen molar-refractivity contribution in [1.29, 1.82) is 0 Å². The normalized spacial score (nSPS) is 16.2. The highest BCUT2D eigenvalue weighted by atomic mass is 32.1. The summed E-state index contributed by atoms with van der Waals surface area (Å²) in [5.41, 5.74) is 12.5. The van der Waals surface area contributed by atoms with Gasteiger partial charge in [0.05, 0.1) is 16.6 Å². The van der Waals surface area contributed by atoms with Crippen molar-refractivity contribution >= 4 is 75.6 Å². The summed E-state index contributed by atoms with van der Waals surface area (Å²) in [5.74, 6) is 0. The highest BCUT2D eigenvalue weighted by molar-refractivity contribution is 7.27. The number of fused-ring (bicyclic) bond motifs is 9. The van der Waals surface area contributed by atoms with Crippen LogP contribution in [0.4, 0.5) is 0 Å². The van der Waals surface area contributed by atoms with Crippen LogP contribution in [0.15, 0.2) is 176 Å². The topological polar surface area (TPSA) is 18.5 Å². The summed E-state index contributed by atoms with van der Waals surface area (Å²) in [4.78, 5) is 0. The first-order valence-corrected chi connectivity index (χ1v) is 22.5. The fraction of sp³-hybridized carbons (Fsp3) is 0.127. The van der Waals surface area contributed by atoms with Gasteiger partial charge in [0.15, 0.2) is 0 Å². The molecule has 10 aromatic rings. The zero-order chi connectivity index (χ0) is 40.4. The summed E-state index contributed by atoms with van der Waals surface area (Å²) in [6.45, 7) is 8.48. The van der Waals surface area contributed by atoms with E-state index in [0.29, 0.717) is 0 Å². The molecule has 1 aliphatic heterocycles. The molecular formula is C55H41BO2S2. The van der Waals surface area contributed by atoms with E-state index in [1.165, 1.54) is 96.0 Å². The molecule has 2 aromatic heterocycles. The number of hydrogen-bond acceptors (Lipinski definition) is 4. The van der Waals surface area contributed by atoms with Crippen molar-refractivity contribution in [2.75, 3.05) is 0 Å². The highest BCUT2D eigenvalue weighted by Crippen LogP contribution is 2.56. The molecule has 8 aromatic carbocycles. The van der Waals surface area contributed by atoms with Gasteiger partial charge in [0.1, 0.15) is 0 Å². The second kappa shape index (κ2) is 13.1. The lowest BCUT2D eigenvalue weighted by atomic mass is 9.67. The highest BCUT2D eigenvalue weighted by Gasteiger charge is 2.52. The van der Waals surface area contributed by atoms with E-state index in [4.69, 9.17) is 9.31 Å². The molecule has 3 heterocycles. The summed E-state index contributed by atoms with van der Waals surface area (Å²) in [7, 11) is -0.415. The molecule has 0 unspecified atom stereocenters. The minimum Gasteiger partial charge on any atom is -0.399 e. The predicted octanol–water partition coefficient (Wildman–Crippen LogP) is 14.4. The maximum Gasteiger partial charge on any atom is 0.496 e. The molecule has 1 saturated heterocycles. The second-order valence-electron chi connectivity index (χ2n) is 17.4. The average Bonchev–Trinajstić information content (AvgIpc) is 4.00. The van der Waals surface area contributed by atoms with Crippen LogP contribution in [-0.4, -0.2) is 18.3 Å². The van der Waals surface area contributed by atoms with E-state index in [9.17, 15) is 0 Å². The fourth-order valence-electron chi connectivity index (χ4n) is 10.0. The molecule has 0 amide bonds. The Bertz CT molecular complexity index is 3270. The number of rotatable bonds is 5. The Morgan fingerprint density at radius 3 is 1.40 bits per heavy atom. The van der Waals surface area contributed by atoms with Gasteiger partial charge in [-0.25, -0.2) is 0 Å². The van der Waals surface area contributed by atoms with Crippen LogP contribution in [0.2, 0.25) is 0 Å². The Labute approximate surface area is 358 Å². The third-order valence-electron chi connectivity index (χ3n) is 13.7. The van der Waals surface area contributed by atoms with Crippen LogP contribution in [0, 0.1) is 0 Å². The SMILES string of the molecule is CC1(C)OB(c2cccc3c2sc2c(-c4ccc(C5(c6ccc(-c7cccc8c7sc7ccccc78)cc6)c6ccccc6-c6ccccc65)cc4)cccc23)OC1(C)C. The molecular weight excluding hydrogens is 768 g/mol. The van der Waals surface area contributed by atoms with Gasteiger partial charge < -0.3 is 9.31 Å². The Morgan fingerprint density at radius 1 is 0.383 bits per heavy atom. The molecule has 2 aliphatic rings. The zero-order valence-corrected chi connectivity index (χ0v) is 35.6. The van der Waals surface area contributed by atoms with Crippen molar-refractivity contribution in [3.63, 3.8) is 0 Å². The minimum atomic E-state index is -0.491. The zero-order valence-electron chi connectivity index (χ0n) is 34.0. The van der Waals surface area contributed by atoms with Gasteiger partial charge in [-0.2, -0.15) is 0 Å². The van der Waals surface area contributed by atoms with E-state index < -0.39 is 23.7 Å². The standard InChI is InChI=1S/C55H41BO2S2/c1-53(2)54(3,4)58-56(57-53)48-24-13-21-45-44-20-12-18-39(51(44)60-52(45)48)35-28-32-37(33-29-35)55(46-22-8-5-14-40(46)41-15-6-9-23-47(41)55)36-30-26-34(27-31-36)38-17-11-19-43-42-16-7-10-25-49(42)59-50(38)43/h5-33H,1-4H3. The van der Waals surface area contributed by atoms with Gasteiger partial charge in [-0.05, 0) is 94.8 Å². The lowest BCUT2D eigenvalue weighted by Crippen LogP contribution is -2.41. The molecule has 0 spiro atoms. The van der Waals surface area contributed by atoms with Gasteiger partial charge in [0, 0.05) is 40.4 Å². The molecule has 60 heavy (non-hydrogen) atoms. The molecule has 2 nitrogen and oxygen atoms in total. The maximum atomic E-state index is 6.57. The van der Waals surface area contributed by atoms with Crippen LogP contribution in [-0.2, 0) is 14.7 Å². The Balaban J connectivity index is 0.994. The van der Waals surface area contributed by atoms with E-state index >= 15 is 0 Å². The van der Waals surface area contributed by atoms with Crippen molar-refractivity contribution in [3.05, 3.63) is 198 Å². The number of thiophene rings is 2. The third kappa shape index (κ3) is 5.07. The molecule has 0 atom stereocenters. The molecule has 1 fully saturated rings. The summed E-state index contributed by atoms with van der Waals surface area (Å²) >= 11 is 3.73. The van der Waals surface area contributed by atoms with Crippen LogP contribution in [0.3, 0.4) is 0 Å². The summed E-state index contributed by atoms with van der Waals surface area (Å²) < 4.78 is 18.3. The molecule has 5 heteroatoms. The second-order valence-corrected chi connectivity index (χ2v) is 19.4. The molecule has 12 rings (SSSR count). The van der Waals surface area contributed by atoms with Gasteiger partial charge in [-0.15, -0.1) is 22.7 Å². The van der Waals surface area contributed by atoms with Crippen molar-refractivity contribution in [2.24, 2.45) is 0 Å². The molecule has 0 radical (unpaired) electrons. The summed E-state index contributed by atoms with van der Waals surface area (Å²) in [6, 6.07) is 65.7. The van der Waals surface area contributed by atoms with Crippen LogP contribution in [0.5, 0.6) is 0 Å². The summed E-state index contributed by atoms with van der Waals surface area (Å²) in [5, 5.41) is 5.15. The number of benzene rings is 8. The Hall–Kier alpha value is -5.82. The first kappa shape index (κ1) is 36.1. The van der Waals surface area contributed by atoms with Gasteiger partial charge in [0.2, 0.25) is 0 Å². The van der Waals surface area contributed by atoms with Gasteiger partial charge >= 0.3 is 7.12 Å². The largest absolute Gasteiger partial charge is 0.496 e. The van der Waals surface area contributed by atoms with Crippen LogP contribution >= 0.6 is 22.7 Å². The van der Waals surface area contributed by atoms with Crippen molar-refractivity contribution in [1.82, 2.24) is 0 Å². The molecule has 288 valence electrons. The molecule has 0 saturated carbocycles. The minimum absolute atomic E-state index is 0.405.